The predicted octanol–water partition coefficient (Wildman–Crippen LogP) is 3.08. The summed E-state index contributed by atoms with van der Waals surface area (Å²) in [5.74, 6) is -1.56. The minimum absolute atomic E-state index is 0.0518. The van der Waals surface area contributed by atoms with E-state index in [-0.39, 0.29) is 18.0 Å². The summed E-state index contributed by atoms with van der Waals surface area (Å²) in [6.45, 7) is 3.74. The molecule has 2 rings (SSSR count). The van der Waals surface area contributed by atoms with Crippen molar-refractivity contribution in [3.8, 4) is 5.75 Å². The van der Waals surface area contributed by atoms with Crippen LogP contribution in [0, 0.1) is 5.92 Å². The maximum Gasteiger partial charge on any atom is 0.326 e. The molecule has 30 heavy (non-hydrogen) atoms. The molecule has 158 valence electrons. The Morgan fingerprint density at radius 1 is 1.03 bits per heavy atom. The lowest BCUT2D eigenvalue weighted by molar-refractivity contribution is -0.141. The summed E-state index contributed by atoms with van der Waals surface area (Å²) in [6.07, 6.45) is 1.76. The Bertz CT molecular complexity index is 905. The number of hydrogen-bond acceptors (Lipinski definition) is 4. The van der Waals surface area contributed by atoms with Gasteiger partial charge < -0.3 is 20.5 Å². The van der Waals surface area contributed by atoms with Gasteiger partial charge in [-0.25, -0.2) is 4.79 Å². The zero-order chi connectivity index (χ0) is 22.1. The third-order valence-electron chi connectivity index (χ3n) is 4.27. The van der Waals surface area contributed by atoms with Crippen LogP contribution in [-0.4, -0.2) is 36.0 Å². The average Bonchev–Trinajstić information content (AvgIpc) is 2.73. The number of ether oxygens (including phenoxy) is 1. The van der Waals surface area contributed by atoms with Gasteiger partial charge in [0.1, 0.15) is 17.5 Å². The number of carbonyl (C=O) groups excluding carboxylic acids is 2. The summed E-state index contributed by atoms with van der Waals surface area (Å²) < 4.78 is 5.12. The zero-order valence-electron chi connectivity index (χ0n) is 17.2. The molecule has 0 saturated carbocycles. The normalized spacial score (nSPS) is 12.2. The van der Waals surface area contributed by atoms with E-state index in [0.717, 1.165) is 0 Å². The molecule has 0 aliphatic heterocycles. The van der Waals surface area contributed by atoms with Crippen LogP contribution in [0.5, 0.6) is 5.75 Å². The number of rotatable bonds is 9. The molecule has 2 aromatic carbocycles. The molecule has 0 bridgehead atoms. The van der Waals surface area contributed by atoms with Gasteiger partial charge in [-0.15, -0.1) is 0 Å². The van der Waals surface area contributed by atoms with Crippen LogP contribution in [0.2, 0.25) is 0 Å². The van der Waals surface area contributed by atoms with E-state index < -0.39 is 23.8 Å². The first-order valence-corrected chi connectivity index (χ1v) is 9.56. The summed E-state index contributed by atoms with van der Waals surface area (Å²) in [6, 6.07) is 14.3. The van der Waals surface area contributed by atoms with E-state index in [9.17, 15) is 19.5 Å². The minimum atomic E-state index is -1.13. The Morgan fingerprint density at radius 3 is 2.20 bits per heavy atom. The molecule has 7 heteroatoms. The summed E-state index contributed by atoms with van der Waals surface area (Å²) in [4.78, 5) is 37.0. The second-order valence-electron chi connectivity index (χ2n) is 7.15. The van der Waals surface area contributed by atoms with Gasteiger partial charge in [-0.05, 0) is 48.2 Å². The second-order valence-corrected chi connectivity index (χ2v) is 7.15. The standard InChI is InChI=1S/C23H26N2O5/c1-15(2)13-20(23(28)29)25-22(27)19(14-16-9-11-18(30-3)12-10-16)24-21(26)17-7-5-4-6-8-17/h4-12,14-15,20H,13H2,1-3H3,(H,24,26)(H,25,27)(H,28,29)/b19-14-. The Labute approximate surface area is 175 Å². The summed E-state index contributed by atoms with van der Waals surface area (Å²) in [7, 11) is 1.55. The first kappa shape index (κ1) is 22.7. The minimum Gasteiger partial charge on any atom is -0.497 e. The molecule has 0 aliphatic rings. The molecule has 1 unspecified atom stereocenters. The summed E-state index contributed by atoms with van der Waals surface area (Å²) in [5, 5.41) is 14.5. The van der Waals surface area contributed by atoms with Gasteiger partial charge in [0.25, 0.3) is 11.8 Å². The number of methoxy groups -OCH3 is 1. The predicted molar refractivity (Wildman–Crippen MR) is 114 cm³/mol. The van der Waals surface area contributed by atoms with Crippen LogP contribution in [0.1, 0.15) is 36.2 Å². The van der Waals surface area contributed by atoms with Crippen LogP contribution in [-0.2, 0) is 9.59 Å². The van der Waals surface area contributed by atoms with Crippen molar-refractivity contribution in [3.63, 3.8) is 0 Å². The number of nitrogens with one attached hydrogen (secondary N) is 2. The summed E-state index contributed by atoms with van der Waals surface area (Å²) >= 11 is 0. The monoisotopic (exact) mass is 410 g/mol. The number of hydrogen-bond donors (Lipinski definition) is 3. The topological polar surface area (TPSA) is 105 Å². The van der Waals surface area contributed by atoms with Gasteiger partial charge in [-0.1, -0.05) is 44.2 Å². The zero-order valence-corrected chi connectivity index (χ0v) is 17.2. The van der Waals surface area contributed by atoms with Crippen molar-refractivity contribution in [3.05, 3.63) is 71.4 Å². The second kappa shape index (κ2) is 10.8. The molecule has 0 fully saturated rings. The van der Waals surface area contributed by atoms with Crippen molar-refractivity contribution in [2.24, 2.45) is 5.92 Å². The largest absolute Gasteiger partial charge is 0.497 e. The van der Waals surface area contributed by atoms with E-state index in [4.69, 9.17) is 4.74 Å². The first-order chi connectivity index (χ1) is 14.3. The number of benzene rings is 2. The van der Waals surface area contributed by atoms with Crippen LogP contribution < -0.4 is 15.4 Å². The maximum absolute atomic E-state index is 12.9. The van der Waals surface area contributed by atoms with Gasteiger partial charge in [-0.2, -0.15) is 0 Å². The number of amides is 2. The lowest BCUT2D eigenvalue weighted by atomic mass is 10.0. The Kier molecular flexibility index (Phi) is 8.17. The molecule has 7 nitrogen and oxygen atoms in total. The van der Waals surface area contributed by atoms with Crippen LogP contribution >= 0.6 is 0 Å². The number of aliphatic carboxylic acids is 1. The van der Waals surface area contributed by atoms with E-state index in [1.54, 1.807) is 61.7 Å². The summed E-state index contributed by atoms with van der Waals surface area (Å²) in [5.41, 5.74) is 0.969. The Hall–Kier alpha value is -3.61. The molecule has 3 N–H and O–H groups in total. The molecular formula is C23H26N2O5. The first-order valence-electron chi connectivity index (χ1n) is 9.56. The number of carboxylic acid groups (broad SMARTS) is 1. The fourth-order valence-corrected chi connectivity index (χ4v) is 2.74. The molecule has 0 aromatic heterocycles. The lowest BCUT2D eigenvalue weighted by Gasteiger charge is -2.18. The maximum atomic E-state index is 12.9. The van der Waals surface area contributed by atoms with Crippen molar-refractivity contribution in [2.75, 3.05) is 7.11 Å². The molecule has 0 saturated heterocycles. The fourth-order valence-electron chi connectivity index (χ4n) is 2.74. The highest BCUT2D eigenvalue weighted by Crippen LogP contribution is 2.14. The van der Waals surface area contributed by atoms with Crippen LogP contribution in [0.15, 0.2) is 60.3 Å². The van der Waals surface area contributed by atoms with Crippen molar-refractivity contribution in [1.29, 1.82) is 0 Å². The lowest BCUT2D eigenvalue weighted by Crippen LogP contribution is -2.45. The van der Waals surface area contributed by atoms with Gasteiger partial charge in [0.2, 0.25) is 0 Å². The molecule has 0 radical (unpaired) electrons. The fraction of sp³-hybridized carbons (Fsp3) is 0.261. The highest BCUT2D eigenvalue weighted by atomic mass is 16.5. The third-order valence-corrected chi connectivity index (χ3v) is 4.27. The SMILES string of the molecule is COc1ccc(/C=C(\NC(=O)c2ccccc2)C(=O)NC(CC(C)C)C(=O)O)cc1. The van der Waals surface area contributed by atoms with Crippen LogP contribution in [0.25, 0.3) is 6.08 Å². The van der Waals surface area contributed by atoms with Crippen LogP contribution in [0.4, 0.5) is 0 Å². The average molecular weight is 410 g/mol. The van der Waals surface area contributed by atoms with Crippen molar-refractivity contribution < 1.29 is 24.2 Å². The van der Waals surface area contributed by atoms with Gasteiger partial charge in [0.05, 0.1) is 7.11 Å². The third kappa shape index (κ3) is 6.77. The van der Waals surface area contributed by atoms with E-state index in [1.807, 2.05) is 13.8 Å². The molecule has 0 spiro atoms. The highest BCUT2D eigenvalue weighted by Gasteiger charge is 2.24. The van der Waals surface area contributed by atoms with Crippen molar-refractivity contribution >= 4 is 23.9 Å². The molecule has 1 atom stereocenters. The number of carbonyl (C=O) groups is 3. The van der Waals surface area contributed by atoms with E-state index >= 15 is 0 Å². The molecule has 2 amide bonds. The molecule has 0 aliphatic carbocycles. The van der Waals surface area contributed by atoms with Gasteiger partial charge in [-0.3, -0.25) is 9.59 Å². The quantitative estimate of drug-likeness (QED) is 0.551. The van der Waals surface area contributed by atoms with Gasteiger partial charge in [0, 0.05) is 5.56 Å². The van der Waals surface area contributed by atoms with Gasteiger partial charge >= 0.3 is 5.97 Å². The van der Waals surface area contributed by atoms with Crippen molar-refractivity contribution in [2.45, 2.75) is 26.3 Å². The van der Waals surface area contributed by atoms with Crippen LogP contribution in [0.3, 0.4) is 0 Å². The smallest absolute Gasteiger partial charge is 0.326 e. The van der Waals surface area contributed by atoms with E-state index in [0.29, 0.717) is 16.9 Å². The van der Waals surface area contributed by atoms with Crippen molar-refractivity contribution in [1.82, 2.24) is 10.6 Å². The number of carboxylic acids is 1. The molecular weight excluding hydrogens is 384 g/mol. The van der Waals surface area contributed by atoms with E-state index in [1.165, 1.54) is 6.08 Å². The van der Waals surface area contributed by atoms with E-state index in [2.05, 4.69) is 10.6 Å². The molecule has 0 heterocycles. The Morgan fingerprint density at radius 2 is 1.67 bits per heavy atom. The van der Waals surface area contributed by atoms with Gasteiger partial charge in [0.15, 0.2) is 0 Å². The highest BCUT2D eigenvalue weighted by molar-refractivity contribution is 6.06. The Balaban J connectivity index is 2.31. The molecule has 2 aromatic rings.